The molecular formula is C12H9NO. The van der Waals surface area contributed by atoms with E-state index in [1.54, 1.807) is 12.3 Å². The predicted octanol–water partition coefficient (Wildman–Crippen LogP) is 1.95. The van der Waals surface area contributed by atoms with Gasteiger partial charge in [-0.15, -0.1) is 0 Å². The third-order valence-electron chi connectivity index (χ3n) is 2.72. The van der Waals surface area contributed by atoms with Crippen molar-refractivity contribution in [1.82, 2.24) is 4.98 Å². The molecule has 0 saturated carbocycles. The number of hydrogen-bond donors (Lipinski definition) is 1. The fourth-order valence-electron chi connectivity index (χ4n) is 2.04. The van der Waals surface area contributed by atoms with Crippen molar-refractivity contribution in [2.45, 2.75) is 6.42 Å². The van der Waals surface area contributed by atoms with Crippen molar-refractivity contribution in [2.75, 3.05) is 0 Å². The molecule has 1 heterocycles. The first-order valence-corrected chi connectivity index (χ1v) is 4.65. The zero-order chi connectivity index (χ0) is 9.54. The monoisotopic (exact) mass is 183 g/mol. The number of nitrogens with one attached hydrogen (secondary N) is 1. The summed E-state index contributed by atoms with van der Waals surface area (Å²) in [6, 6.07) is 9.72. The van der Waals surface area contributed by atoms with Crippen LogP contribution in [0.4, 0.5) is 0 Å². The SMILES string of the molecule is O=c1cc[nH]c2c1Cc1ccccc1-2. The van der Waals surface area contributed by atoms with Gasteiger partial charge in [0.05, 0.1) is 5.69 Å². The lowest BCUT2D eigenvalue weighted by Gasteiger charge is -1.98. The van der Waals surface area contributed by atoms with E-state index in [-0.39, 0.29) is 5.43 Å². The van der Waals surface area contributed by atoms with Crippen LogP contribution in [0.3, 0.4) is 0 Å². The van der Waals surface area contributed by atoms with E-state index in [1.165, 1.54) is 11.1 Å². The molecule has 1 aliphatic carbocycles. The standard InChI is InChI=1S/C12H9NO/c14-11-5-6-13-12-9-4-2-1-3-8(9)7-10(11)12/h1-6H,7H2,(H,13,14). The molecule has 0 radical (unpaired) electrons. The van der Waals surface area contributed by atoms with Gasteiger partial charge in [-0.2, -0.15) is 0 Å². The third-order valence-corrected chi connectivity index (χ3v) is 2.72. The number of pyridine rings is 1. The maximum Gasteiger partial charge on any atom is 0.185 e. The first kappa shape index (κ1) is 7.56. The molecule has 14 heavy (non-hydrogen) atoms. The van der Waals surface area contributed by atoms with Gasteiger partial charge in [0.2, 0.25) is 0 Å². The van der Waals surface area contributed by atoms with Crippen molar-refractivity contribution in [3.8, 4) is 11.3 Å². The lowest BCUT2D eigenvalue weighted by Crippen LogP contribution is -2.06. The second-order valence-electron chi connectivity index (χ2n) is 3.53. The van der Waals surface area contributed by atoms with E-state index in [0.717, 1.165) is 17.7 Å². The molecule has 0 atom stereocenters. The summed E-state index contributed by atoms with van der Waals surface area (Å²) in [5, 5.41) is 0. The summed E-state index contributed by atoms with van der Waals surface area (Å²) in [5.74, 6) is 0. The number of hydrogen-bond acceptors (Lipinski definition) is 1. The third kappa shape index (κ3) is 0.880. The number of aromatic nitrogens is 1. The Hall–Kier alpha value is -1.83. The minimum atomic E-state index is 0.134. The van der Waals surface area contributed by atoms with E-state index in [4.69, 9.17) is 0 Å². The van der Waals surface area contributed by atoms with Crippen molar-refractivity contribution >= 4 is 0 Å². The van der Waals surface area contributed by atoms with Gasteiger partial charge in [0.25, 0.3) is 0 Å². The Morgan fingerprint density at radius 1 is 1.14 bits per heavy atom. The highest BCUT2D eigenvalue weighted by molar-refractivity contribution is 5.72. The second kappa shape index (κ2) is 2.58. The van der Waals surface area contributed by atoms with E-state index < -0.39 is 0 Å². The van der Waals surface area contributed by atoms with Crippen LogP contribution in [0.15, 0.2) is 41.3 Å². The molecular weight excluding hydrogens is 174 g/mol. The Labute approximate surface area is 81.2 Å². The lowest BCUT2D eigenvalue weighted by atomic mass is 10.1. The van der Waals surface area contributed by atoms with Gasteiger partial charge < -0.3 is 4.98 Å². The van der Waals surface area contributed by atoms with E-state index in [1.807, 2.05) is 12.1 Å². The summed E-state index contributed by atoms with van der Waals surface area (Å²) < 4.78 is 0. The predicted molar refractivity (Wildman–Crippen MR) is 55.3 cm³/mol. The summed E-state index contributed by atoms with van der Waals surface area (Å²) in [6.07, 6.45) is 2.48. The lowest BCUT2D eigenvalue weighted by molar-refractivity contribution is 1.19. The van der Waals surface area contributed by atoms with Gasteiger partial charge in [-0.1, -0.05) is 24.3 Å². The largest absolute Gasteiger partial charge is 0.361 e. The molecule has 68 valence electrons. The van der Waals surface area contributed by atoms with Gasteiger partial charge in [-0.05, 0) is 5.56 Å². The fourth-order valence-corrected chi connectivity index (χ4v) is 2.04. The quantitative estimate of drug-likeness (QED) is 0.567. The highest BCUT2D eigenvalue weighted by Gasteiger charge is 2.19. The maximum absolute atomic E-state index is 11.6. The molecule has 0 aliphatic heterocycles. The number of H-pyrrole nitrogens is 1. The van der Waals surface area contributed by atoms with Gasteiger partial charge in [0.15, 0.2) is 5.43 Å². The van der Waals surface area contributed by atoms with E-state index in [0.29, 0.717) is 0 Å². The number of rotatable bonds is 0. The van der Waals surface area contributed by atoms with E-state index >= 15 is 0 Å². The number of fused-ring (bicyclic) bond motifs is 3. The zero-order valence-corrected chi connectivity index (χ0v) is 7.58. The number of aromatic amines is 1. The fraction of sp³-hybridized carbons (Fsp3) is 0.0833. The molecule has 3 rings (SSSR count). The smallest absolute Gasteiger partial charge is 0.185 e. The highest BCUT2D eigenvalue weighted by Crippen LogP contribution is 2.32. The Bertz CT molecular complexity index is 554. The first-order chi connectivity index (χ1) is 6.86. The molecule has 2 heteroatoms. The van der Waals surface area contributed by atoms with Crippen molar-refractivity contribution < 1.29 is 0 Å². The van der Waals surface area contributed by atoms with E-state index in [9.17, 15) is 4.79 Å². The van der Waals surface area contributed by atoms with Crippen LogP contribution in [-0.2, 0) is 6.42 Å². The summed E-state index contributed by atoms with van der Waals surface area (Å²) >= 11 is 0. The maximum atomic E-state index is 11.6. The molecule has 0 amide bonds. The van der Waals surface area contributed by atoms with Gasteiger partial charge in [0.1, 0.15) is 0 Å². The topological polar surface area (TPSA) is 32.9 Å². The Balaban J connectivity index is 2.38. The van der Waals surface area contributed by atoms with Gasteiger partial charge in [-0.3, -0.25) is 4.79 Å². The highest BCUT2D eigenvalue weighted by atomic mass is 16.1. The second-order valence-corrected chi connectivity index (χ2v) is 3.53. The molecule has 0 unspecified atom stereocenters. The Morgan fingerprint density at radius 2 is 2.00 bits per heavy atom. The van der Waals surface area contributed by atoms with Crippen molar-refractivity contribution in [1.29, 1.82) is 0 Å². The summed E-state index contributed by atoms with van der Waals surface area (Å²) in [4.78, 5) is 14.7. The molecule has 2 nitrogen and oxygen atoms in total. The normalized spacial score (nSPS) is 12.3. The summed E-state index contributed by atoms with van der Waals surface area (Å²) in [6.45, 7) is 0. The van der Waals surface area contributed by atoms with Gasteiger partial charge >= 0.3 is 0 Å². The van der Waals surface area contributed by atoms with Crippen LogP contribution in [0.5, 0.6) is 0 Å². The molecule has 1 aliphatic rings. The minimum Gasteiger partial charge on any atom is -0.361 e. The van der Waals surface area contributed by atoms with Crippen LogP contribution in [0.25, 0.3) is 11.3 Å². The number of benzene rings is 1. The van der Waals surface area contributed by atoms with Gasteiger partial charge in [-0.25, -0.2) is 0 Å². The molecule has 0 spiro atoms. The molecule has 1 N–H and O–H groups in total. The molecule has 1 aromatic heterocycles. The van der Waals surface area contributed by atoms with Gasteiger partial charge in [0, 0.05) is 29.8 Å². The zero-order valence-electron chi connectivity index (χ0n) is 7.58. The van der Waals surface area contributed by atoms with Crippen LogP contribution >= 0.6 is 0 Å². The molecule has 2 aromatic rings. The van der Waals surface area contributed by atoms with Crippen LogP contribution < -0.4 is 5.43 Å². The minimum absolute atomic E-state index is 0.134. The van der Waals surface area contributed by atoms with Crippen molar-refractivity contribution in [3.05, 3.63) is 57.9 Å². The molecule has 0 bridgehead atoms. The molecule has 0 fully saturated rings. The molecule has 0 saturated heterocycles. The Morgan fingerprint density at radius 3 is 2.93 bits per heavy atom. The van der Waals surface area contributed by atoms with Crippen molar-refractivity contribution in [2.24, 2.45) is 0 Å². The Kier molecular flexibility index (Phi) is 1.39. The summed E-state index contributed by atoms with van der Waals surface area (Å²) in [7, 11) is 0. The molecule has 1 aromatic carbocycles. The van der Waals surface area contributed by atoms with E-state index in [2.05, 4.69) is 17.1 Å². The average Bonchev–Trinajstić information content (AvgIpc) is 2.59. The van der Waals surface area contributed by atoms with Crippen LogP contribution in [0.2, 0.25) is 0 Å². The average molecular weight is 183 g/mol. The van der Waals surface area contributed by atoms with Crippen molar-refractivity contribution in [3.63, 3.8) is 0 Å². The van der Waals surface area contributed by atoms with Crippen LogP contribution in [0, 0.1) is 0 Å². The van der Waals surface area contributed by atoms with Crippen LogP contribution in [-0.4, -0.2) is 4.98 Å². The first-order valence-electron chi connectivity index (χ1n) is 4.65. The summed E-state index contributed by atoms with van der Waals surface area (Å²) in [5.41, 5.74) is 4.43. The van der Waals surface area contributed by atoms with Crippen LogP contribution in [0.1, 0.15) is 11.1 Å².